The summed E-state index contributed by atoms with van der Waals surface area (Å²) < 4.78 is 0. The summed E-state index contributed by atoms with van der Waals surface area (Å²) >= 11 is 0. The highest BCUT2D eigenvalue weighted by Gasteiger charge is 2.18. The maximum absolute atomic E-state index is 4.55. The van der Waals surface area contributed by atoms with E-state index in [-0.39, 0.29) is 0 Å². The lowest BCUT2D eigenvalue weighted by molar-refractivity contribution is 0.696. The van der Waals surface area contributed by atoms with E-state index in [9.17, 15) is 0 Å². The minimum Gasteiger partial charge on any atom is -0.366 e. The van der Waals surface area contributed by atoms with Gasteiger partial charge in [-0.1, -0.05) is 24.3 Å². The molecule has 0 radical (unpaired) electrons. The minimum absolute atomic E-state index is 0.335. The monoisotopic (exact) mass is 269 g/mol. The Bertz CT molecular complexity index is 596. The highest BCUT2D eigenvalue weighted by atomic mass is 15.3. The lowest BCUT2D eigenvalue weighted by Crippen LogP contribution is -2.32. The van der Waals surface area contributed by atoms with Gasteiger partial charge in [0.15, 0.2) is 5.82 Å². The molecule has 1 N–H and O–H groups in total. The van der Waals surface area contributed by atoms with E-state index < -0.39 is 0 Å². The van der Waals surface area contributed by atoms with E-state index in [2.05, 4.69) is 63.5 Å². The molecule has 1 aromatic heterocycles. The van der Waals surface area contributed by atoms with Crippen molar-refractivity contribution >= 4 is 11.8 Å². The van der Waals surface area contributed by atoms with Crippen molar-refractivity contribution in [3.63, 3.8) is 0 Å². The van der Waals surface area contributed by atoms with Crippen molar-refractivity contribution in [3.05, 3.63) is 41.6 Å². The first kappa shape index (κ1) is 12.8. The predicted octanol–water partition coefficient (Wildman–Crippen LogP) is 2.25. The van der Waals surface area contributed by atoms with Crippen LogP contribution in [0.2, 0.25) is 0 Å². The molecular weight excluding hydrogens is 250 g/mol. The summed E-state index contributed by atoms with van der Waals surface area (Å²) in [5, 5.41) is 11.5. The molecule has 5 heteroatoms. The van der Waals surface area contributed by atoms with Gasteiger partial charge in [-0.3, -0.25) is 0 Å². The van der Waals surface area contributed by atoms with Crippen LogP contribution in [0.15, 0.2) is 30.5 Å². The second-order valence-electron chi connectivity index (χ2n) is 5.38. The van der Waals surface area contributed by atoms with Crippen molar-refractivity contribution in [3.8, 4) is 0 Å². The molecular formula is C15H19N5. The molecule has 0 spiro atoms. The predicted molar refractivity (Wildman–Crippen MR) is 79.8 cm³/mol. The van der Waals surface area contributed by atoms with Crippen LogP contribution in [-0.4, -0.2) is 27.8 Å². The van der Waals surface area contributed by atoms with Crippen LogP contribution in [0.1, 0.15) is 25.0 Å². The van der Waals surface area contributed by atoms with Gasteiger partial charge in [0.25, 0.3) is 0 Å². The maximum atomic E-state index is 4.55. The number of hydrogen-bond donors (Lipinski definition) is 1. The average Bonchev–Trinajstić information content (AvgIpc) is 2.46. The van der Waals surface area contributed by atoms with Crippen LogP contribution in [-0.2, 0) is 13.0 Å². The first-order chi connectivity index (χ1) is 9.72. The fourth-order valence-corrected chi connectivity index (χ4v) is 2.46. The van der Waals surface area contributed by atoms with E-state index in [0.717, 1.165) is 25.3 Å². The van der Waals surface area contributed by atoms with Crippen LogP contribution in [0, 0.1) is 0 Å². The van der Waals surface area contributed by atoms with E-state index in [0.29, 0.717) is 12.0 Å². The highest BCUT2D eigenvalue weighted by Crippen LogP contribution is 2.22. The smallest absolute Gasteiger partial charge is 0.247 e. The van der Waals surface area contributed by atoms with Crippen LogP contribution < -0.4 is 10.2 Å². The number of hydrogen-bond acceptors (Lipinski definition) is 5. The minimum atomic E-state index is 0.335. The van der Waals surface area contributed by atoms with E-state index in [4.69, 9.17) is 0 Å². The Labute approximate surface area is 119 Å². The molecule has 0 atom stereocenters. The van der Waals surface area contributed by atoms with Crippen molar-refractivity contribution in [1.29, 1.82) is 0 Å². The van der Waals surface area contributed by atoms with Gasteiger partial charge in [0, 0.05) is 19.1 Å². The Morgan fingerprint density at radius 1 is 1.20 bits per heavy atom. The number of nitrogens with zero attached hydrogens (tertiary/aromatic N) is 4. The molecule has 0 fully saturated rings. The summed E-state index contributed by atoms with van der Waals surface area (Å²) in [5.74, 6) is 1.48. The second-order valence-corrected chi connectivity index (χ2v) is 5.38. The van der Waals surface area contributed by atoms with Crippen molar-refractivity contribution < 1.29 is 0 Å². The van der Waals surface area contributed by atoms with Gasteiger partial charge in [0.2, 0.25) is 5.95 Å². The van der Waals surface area contributed by atoms with Crippen molar-refractivity contribution in [2.45, 2.75) is 32.9 Å². The molecule has 0 aliphatic carbocycles. The topological polar surface area (TPSA) is 53.9 Å². The van der Waals surface area contributed by atoms with E-state index in [1.54, 1.807) is 6.20 Å². The molecule has 1 aromatic carbocycles. The summed E-state index contributed by atoms with van der Waals surface area (Å²) in [4.78, 5) is 6.73. The molecule has 1 aliphatic heterocycles. The third-order valence-electron chi connectivity index (χ3n) is 3.40. The van der Waals surface area contributed by atoms with E-state index >= 15 is 0 Å². The second kappa shape index (κ2) is 5.45. The molecule has 2 heterocycles. The van der Waals surface area contributed by atoms with Crippen LogP contribution >= 0.6 is 0 Å². The van der Waals surface area contributed by atoms with Crippen LogP contribution in [0.3, 0.4) is 0 Å². The molecule has 0 unspecified atom stereocenters. The molecule has 2 aromatic rings. The van der Waals surface area contributed by atoms with Crippen molar-refractivity contribution in [2.75, 3.05) is 16.8 Å². The Morgan fingerprint density at radius 2 is 2.00 bits per heavy atom. The number of anilines is 2. The van der Waals surface area contributed by atoms with Crippen LogP contribution in [0.4, 0.5) is 11.8 Å². The molecule has 3 rings (SSSR count). The Hall–Kier alpha value is -2.17. The Kier molecular flexibility index (Phi) is 3.50. The van der Waals surface area contributed by atoms with Gasteiger partial charge >= 0.3 is 0 Å². The zero-order chi connectivity index (χ0) is 13.9. The average molecular weight is 269 g/mol. The zero-order valence-electron chi connectivity index (χ0n) is 11.9. The van der Waals surface area contributed by atoms with Crippen molar-refractivity contribution in [2.24, 2.45) is 0 Å². The molecule has 104 valence electrons. The van der Waals surface area contributed by atoms with E-state index in [1.165, 1.54) is 11.1 Å². The van der Waals surface area contributed by atoms with Crippen molar-refractivity contribution in [1.82, 2.24) is 15.2 Å². The Balaban J connectivity index is 1.81. The number of aromatic nitrogens is 3. The lowest BCUT2D eigenvalue weighted by Gasteiger charge is -2.28. The standard InChI is InChI=1S/C15H19N5/c1-11(2)17-14-9-16-19-15(18-14)20-8-7-12-5-3-4-6-13(12)10-20/h3-6,9,11H,7-8,10H2,1-2H3,(H,17,18,19). The van der Waals surface area contributed by atoms with Crippen LogP contribution in [0.25, 0.3) is 0 Å². The van der Waals surface area contributed by atoms with Gasteiger partial charge in [-0.25, -0.2) is 0 Å². The quantitative estimate of drug-likeness (QED) is 0.926. The van der Waals surface area contributed by atoms with Gasteiger partial charge in [0.1, 0.15) is 0 Å². The fourth-order valence-electron chi connectivity index (χ4n) is 2.46. The summed E-state index contributed by atoms with van der Waals surface area (Å²) in [5.41, 5.74) is 2.78. The van der Waals surface area contributed by atoms with E-state index in [1.807, 2.05) is 0 Å². The number of nitrogens with one attached hydrogen (secondary N) is 1. The van der Waals surface area contributed by atoms with Gasteiger partial charge in [-0.15, -0.1) is 5.10 Å². The molecule has 0 amide bonds. The SMILES string of the molecule is CC(C)Nc1cnnc(N2CCc3ccccc3C2)n1. The number of rotatable bonds is 3. The van der Waals surface area contributed by atoms with Gasteiger partial charge in [-0.05, 0) is 31.4 Å². The zero-order valence-corrected chi connectivity index (χ0v) is 11.9. The normalized spacial score (nSPS) is 14.2. The van der Waals surface area contributed by atoms with Gasteiger partial charge in [-0.2, -0.15) is 10.1 Å². The summed E-state index contributed by atoms with van der Waals surface area (Å²) in [6.07, 6.45) is 2.70. The fraction of sp³-hybridized carbons (Fsp3) is 0.400. The molecule has 0 saturated carbocycles. The van der Waals surface area contributed by atoms with Gasteiger partial charge in [0.05, 0.1) is 6.20 Å². The lowest BCUT2D eigenvalue weighted by atomic mass is 10.0. The first-order valence-corrected chi connectivity index (χ1v) is 7.00. The summed E-state index contributed by atoms with van der Waals surface area (Å²) in [7, 11) is 0. The van der Waals surface area contributed by atoms with Crippen LogP contribution in [0.5, 0.6) is 0 Å². The Morgan fingerprint density at radius 3 is 2.80 bits per heavy atom. The molecule has 5 nitrogen and oxygen atoms in total. The largest absolute Gasteiger partial charge is 0.366 e. The third kappa shape index (κ3) is 2.71. The molecule has 1 aliphatic rings. The molecule has 0 bridgehead atoms. The summed E-state index contributed by atoms with van der Waals surface area (Å²) in [6, 6.07) is 8.88. The van der Waals surface area contributed by atoms with Gasteiger partial charge < -0.3 is 10.2 Å². The molecule has 0 saturated heterocycles. The molecule has 20 heavy (non-hydrogen) atoms. The summed E-state index contributed by atoms with van der Waals surface area (Å²) in [6.45, 7) is 5.95. The number of fused-ring (bicyclic) bond motifs is 1. The number of benzene rings is 1. The third-order valence-corrected chi connectivity index (χ3v) is 3.40. The maximum Gasteiger partial charge on any atom is 0.247 e. The first-order valence-electron chi connectivity index (χ1n) is 7.00. The highest BCUT2D eigenvalue weighted by molar-refractivity contribution is 5.43.